The van der Waals surface area contributed by atoms with Crippen LogP contribution in [0.4, 0.5) is 0 Å². The van der Waals surface area contributed by atoms with Crippen LogP contribution in [0.15, 0.2) is 12.1 Å². The molecule has 0 fully saturated rings. The monoisotopic (exact) mass is 205 g/mol. The van der Waals surface area contributed by atoms with Crippen LogP contribution in [0.5, 0.6) is 11.5 Å². The van der Waals surface area contributed by atoms with Crippen molar-refractivity contribution in [1.82, 2.24) is 0 Å². The predicted octanol–water partition coefficient (Wildman–Crippen LogP) is 0.524. The van der Waals surface area contributed by atoms with E-state index in [9.17, 15) is 9.90 Å². The molecule has 0 amide bonds. The molecule has 0 aliphatic rings. The lowest BCUT2D eigenvalue weighted by Gasteiger charge is -2.04. The highest BCUT2D eigenvalue weighted by Gasteiger charge is 2.08. The molecule has 1 aromatic rings. The number of aldehydes is 1. The summed E-state index contributed by atoms with van der Waals surface area (Å²) in [5.41, 5.74) is 5.78. The number of aromatic hydroxyl groups is 1. The zero-order valence-electron chi connectivity index (χ0n) is 8.28. The summed E-state index contributed by atoms with van der Waals surface area (Å²) >= 11 is 0. The van der Waals surface area contributed by atoms with E-state index < -0.39 is 0 Å². The summed E-state index contributed by atoms with van der Waals surface area (Å²) < 4.78 is 4.94. The van der Waals surface area contributed by atoms with Gasteiger partial charge in [-0.2, -0.15) is 0 Å². The highest BCUT2D eigenvalue weighted by molar-refractivity contribution is 5.84. The highest BCUT2D eigenvalue weighted by atomic mass is 16.5. The first-order chi connectivity index (χ1) is 7.22. The molecule has 0 radical (unpaired) electrons. The van der Waals surface area contributed by atoms with Crippen LogP contribution in [-0.4, -0.2) is 25.0 Å². The van der Waals surface area contributed by atoms with Crippen molar-refractivity contribution in [2.24, 2.45) is 5.73 Å². The minimum Gasteiger partial charge on any atom is -0.507 e. The third-order valence-electron chi connectivity index (χ3n) is 1.81. The Hall–Kier alpha value is -1.99. The Bertz CT molecular complexity index is 429. The minimum atomic E-state index is -0.148. The lowest BCUT2D eigenvalue weighted by atomic mass is 10.1. The van der Waals surface area contributed by atoms with Crippen LogP contribution in [0.25, 0.3) is 0 Å². The number of phenols is 1. The second-order valence-corrected chi connectivity index (χ2v) is 2.73. The average Bonchev–Trinajstić information content (AvgIpc) is 2.25. The number of phenolic OH excluding ortho intramolecular Hbond substituents is 1. The topological polar surface area (TPSA) is 72.5 Å². The fourth-order valence-corrected chi connectivity index (χ4v) is 1.10. The Morgan fingerprint density at radius 3 is 2.87 bits per heavy atom. The lowest BCUT2D eigenvalue weighted by molar-refractivity contribution is 0.112. The molecule has 15 heavy (non-hydrogen) atoms. The molecule has 0 aromatic heterocycles. The van der Waals surface area contributed by atoms with E-state index in [-0.39, 0.29) is 17.9 Å². The third-order valence-corrected chi connectivity index (χ3v) is 1.81. The summed E-state index contributed by atoms with van der Waals surface area (Å²) in [5.74, 6) is 5.60. The van der Waals surface area contributed by atoms with Crippen LogP contribution in [-0.2, 0) is 0 Å². The largest absolute Gasteiger partial charge is 0.507 e. The Labute approximate surface area is 87.7 Å². The van der Waals surface area contributed by atoms with Crippen molar-refractivity contribution >= 4 is 6.29 Å². The average molecular weight is 205 g/mol. The Balaban J connectivity index is 3.31. The summed E-state index contributed by atoms with van der Waals surface area (Å²) in [4.78, 5) is 10.7. The molecule has 0 unspecified atom stereocenters. The first-order valence-electron chi connectivity index (χ1n) is 4.28. The molecule has 1 rings (SSSR count). The van der Waals surface area contributed by atoms with E-state index in [1.54, 1.807) is 6.07 Å². The smallest absolute Gasteiger partial charge is 0.155 e. The summed E-state index contributed by atoms with van der Waals surface area (Å²) in [5, 5.41) is 9.49. The van der Waals surface area contributed by atoms with Crippen LogP contribution in [0, 0.1) is 11.8 Å². The highest BCUT2D eigenvalue weighted by Crippen LogP contribution is 2.25. The molecule has 0 aliphatic heterocycles. The van der Waals surface area contributed by atoms with Crippen LogP contribution in [0.2, 0.25) is 0 Å². The molecule has 0 aliphatic carbocycles. The van der Waals surface area contributed by atoms with Gasteiger partial charge in [0.2, 0.25) is 0 Å². The molecule has 0 saturated heterocycles. The maximum Gasteiger partial charge on any atom is 0.155 e. The Kier molecular flexibility index (Phi) is 3.72. The maximum atomic E-state index is 10.7. The van der Waals surface area contributed by atoms with Crippen LogP contribution < -0.4 is 10.5 Å². The van der Waals surface area contributed by atoms with Crippen LogP contribution >= 0.6 is 0 Å². The predicted molar refractivity (Wildman–Crippen MR) is 56.0 cm³/mol. The molecule has 0 atom stereocenters. The van der Waals surface area contributed by atoms with Crippen LogP contribution in [0.1, 0.15) is 15.9 Å². The van der Waals surface area contributed by atoms with Gasteiger partial charge in [0.25, 0.3) is 0 Å². The molecular formula is C11H11NO3. The fourth-order valence-electron chi connectivity index (χ4n) is 1.10. The molecule has 0 saturated carbocycles. The van der Waals surface area contributed by atoms with Gasteiger partial charge in [-0.15, -0.1) is 0 Å². The van der Waals surface area contributed by atoms with E-state index in [2.05, 4.69) is 11.8 Å². The van der Waals surface area contributed by atoms with Gasteiger partial charge in [-0.05, 0) is 6.07 Å². The molecule has 0 bridgehead atoms. The van der Waals surface area contributed by atoms with Gasteiger partial charge >= 0.3 is 0 Å². The number of methoxy groups -OCH3 is 1. The van der Waals surface area contributed by atoms with Crippen molar-refractivity contribution < 1.29 is 14.6 Å². The number of rotatable bonds is 2. The van der Waals surface area contributed by atoms with E-state index in [1.165, 1.54) is 13.2 Å². The van der Waals surface area contributed by atoms with E-state index in [1.807, 2.05) is 0 Å². The standard InChI is InChI=1S/C11H11NO3/c1-15-9-5-8(3-2-4-12)10(7-13)11(14)6-9/h5-7,14H,4,12H2,1H3. The van der Waals surface area contributed by atoms with Gasteiger partial charge in [0, 0.05) is 11.6 Å². The molecule has 0 heterocycles. The van der Waals surface area contributed by atoms with Gasteiger partial charge in [0.05, 0.1) is 19.2 Å². The van der Waals surface area contributed by atoms with E-state index in [0.29, 0.717) is 17.6 Å². The van der Waals surface area contributed by atoms with Gasteiger partial charge < -0.3 is 15.6 Å². The van der Waals surface area contributed by atoms with Gasteiger partial charge in [0.1, 0.15) is 11.5 Å². The minimum absolute atomic E-state index is 0.148. The quantitative estimate of drug-likeness (QED) is 0.545. The summed E-state index contributed by atoms with van der Waals surface area (Å²) in [7, 11) is 1.47. The fraction of sp³-hybridized carbons (Fsp3) is 0.182. The van der Waals surface area contributed by atoms with Crippen molar-refractivity contribution in [2.45, 2.75) is 0 Å². The van der Waals surface area contributed by atoms with Gasteiger partial charge in [-0.3, -0.25) is 4.79 Å². The van der Waals surface area contributed by atoms with E-state index in [4.69, 9.17) is 10.5 Å². The number of hydrogen-bond donors (Lipinski definition) is 2. The lowest BCUT2D eigenvalue weighted by Crippen LogP contribution is -1.95. The number of nitrogens with two attached hydrogens (primary N) is 1. The normalized spacial score (nSPS) is 8.93. The molecule has 4 heteroatoms. The first-order valence-corrected chi connectivity index (χ1v) is 4.28. The third kappa shape index (κ3) is 2.48. The first kappa shape index (κ1) is 11.1. The number of hydrogen-bond acceptors (Lipinski definition) is 4. The SMILES string of the molecule is COc1cc(O)c(C=O)c(C#CCN)c1. The van der Waals surface area contributed by atoms with E-state index in [0.717, 1.165) is 0 Å². The van der Waals surface area contributed by atoms with Crippen LogP contribution in [0.3, 0.4) is 0 Å². The van der Waals surface area contributed by atoms with E-state index >= 15 is 0 Å². The second kappa shape index (κ2) is 5.03. The number of benzene rings is 1. The van der Waals surface area contributed by atoms with Crippen molar-refractivity contribution in [2.75, 3.05) is 13.7 Å². The Morgan fingerprint density at radius 1 is 1.60 bits per heavy atom. The molecule has 0 spiro atoms. The molecule has 78 valence electrons. The number of carbonyl (C=O) groups is 1. The van der Waals surface area contributed by atoms with Gasteiger partial charge in [0.15, 0.2) is 6.29 Å². The zero-order valence-corrected chi connectivity index (χ0v) is 8.28. The van der Waals surface area contributed by atoms with Crippen molar-refractivity contribution in [3.05, 3.63) is 23.3 Å². The summed E-state index contributed by atoms with van der Waals surface area (Å²) in [6.45, 7) is 0.191. The van der Waals surface area contributed by atoms with Crippen molar-refractivity contribution in [1.29, 1.82) is 0 Å². The molecular weight excluding hydrogens is 194 g/mol. The molecule has 3 N–H and O–H groups in total. The molecule has 1 aromatic carbocycles. The Morgan fingerprint density at radius 2 is 2.33 bits per heavy atom. The number of carbonyl (C=O) groups excluding carboxylic acids is 1. The molecule has 4 nitrogen and oxygen atoms in total. The van der Waals surface area contributed by atoms with Crippen molar-refractivity contribution in [3.63, 3.8) is 0 Å². The summed E-state index contributed by atoms with van der Waals surface area (Å²) in [6.07, 6.45) is 0.551. The van der Waals surface area contributed by atoms with Gasteiger partial charge in [-0.25, -0.2) is 0 Å². The van der Waals surface area contributed by atoms with Gasteiger partial charge in [-0.1, -0.05) is 11.8 Å². The summed E-state index contributed by atoms with van der Waals surface area (Å²) in [6, 6.07) is 2.93. The second-order valence-electron chi connectivity index (χ2n) is 2.73. The zero-order chi connectivity index (χ0) is 11.3. The number of ether oxygens (including phenoxy) is 1. The van der Waals surface area contributed by atoms with Crippen molar-refractivity contribution in [3.8, 4) is 23.3 Å². The maximum absolute atomic E-state index is 10.7.